The van der Waals surface area contributed by atoms with Gasteiger partial charge in [0.05, 0.1) is 24.1 Å². The SMILES string of the molecule is CC1CCOCCN1C(=O)c1cnn(-c2cccc(Cl)c2)c1. The second kappa shape index (κ2) is 6.50. The molecular weight excluding hydrogens is 302 g/mol. The number of carbonyl (C=O) groups excluding carboxylic acids is 1. The molecule has 1 aliphatic heterocycles. The minimum atomic E-state index is -0.00808. The summed E-state index contributed by atoms with van der Waals surface area (Å²) < 4.78 is 7.10. The van der Waals surface area contributed by atoms with Crippen LogP contribution in [0.5, 0.6) is 0 Å². The minimum Gasteiger partial charge on any atom is -0.380 e. The van der Waals surface area contributed by atoms with Crippen LogP contribution in [0.3, 0.4) is 0 Å². The summed E-state index contributed by atoms with van der Waals surface area (Å²) in [6, 6.07) is 7.54. The molecular formula is C16H18ClN3O2. The molecule has 0 N–H and O–H groups in total. The summed E-state index contributed by atoms with van der Waals surface area (Å²) in [5, 5.41) is 4.91. The van der Waals surface area contributed by atoms with Gasteiger partial charge in [-0.3, -0.25) is 4.79 Å². The topological polar surface area (TPSA) is 47.4 Å². The summed E-state index contributed by atoms with van der Waals surface area (Å²) in [4.78, 5) is 14.5. The van der Waals surface area contributed by atoms with Crippen LogP contribution < -0.4 is 0 Å². The van der Waals surface area contributed by atoms with E-state index in [0.29, 0.717) is 30.3 Å². The van der Waals surface area contributed by atoms with Gasteiger partial charge < -0.3 is 9.64 Å². The van der Waals surface area contributed by atoms with E-state index in [9.17, 15) is 4.79 Å². The molecule has 3 rings (SSSR count). The molecule has 5 nitrogen and oxygen atoms in total. The summed E-state index contributed by atoms with van der Waals surface area (Å²) in [7, 11) is 0. The van der Waals surface area contributed by atoms with Crippen molar-refractivity contribution in [3.8, 4) is 5.69 Å². The summed E-state index contributed by atoms with van der Waals surface area (Å²) >= 11 is 5.99. The largest absolute Gasteiger partial charge is 0.380 e. The number of nitrogens with zero attached hydrogens (tertiary/aromatic N) is 3. The third-order valence-electron chi connectivity index (χ3n) is 3.85. The molecule has 1 aromatic heterocycles. The molecule has 1 aliphatic rings. The monoisotopic (exact) mass is 319 g/mol. The van der Waals surface area contributed by atoms with Crippen LogP contribution in [0.25, 0.3) is 5.69 Å². The van der Waals surface area contributed by atoms with Crippen LogP contribution in [0, 0.1) is 0 Å². The fourth-order valence-corrected chi connectivity index (χ4v) is 2.74. The van der Waals surface area contributed by atoms with Gasteiger partial charge in [0.2, 0.25) is 0 Å². The van der Waals surface area contributed by atoms with E-state index in [-0.39, 0.29) is 11.9 Å². The highest BCUT2D eigenvalue weighted by Crippen LogP contribution is 2.17. The van der Waals surface area contributed by atoms with Gasteiger partial charge in [-0.1, -0.05) is 17.7 Å². The molecule has 1 aromatic carbocycles. The predicted molar refractivity (Wildman–Crippen MR) is 84.5 cm³/mol. The quantitative estimate of drug-likeness (QED) is 0.855. The lowest BCUT2D eigenvalue weighted by Crippen LogP contribution is -2.39. The van der Waals surface area contributed by atoms with Crippen molar-refractivity contribution in [2.24, 2.45) is 0 Å². The summed E-state index contributed by atoms with van der Waals surface area (Å²) in [5.41, 5.74) is 1.41. The third-order valence-corrected chi connectivity index (χ3v) is 4.09. The van der Waals surface area contributed by atoms with Crippen molar-refractivity contribution in [2.75, 3.05) is 19.8 Å². The number of hydrogen-bond donors (Lipinski definition) is 0. The molecule has 1 amide bonds. The Kier molecular flexibility index (Phi) is 4.45. The predicted octanol–water partition coefficient (Wildman–Crippen LogP) is 2.78. The zero-order valence-electron chi connectivity index (χ0n) is 12.4. The highest BCUT2D eigenvalue weighted by atomic mass is 35.5. The van der Waals surface area contributed by atoms with Crippen molar-refractivity contribution in [1.29, 1.82) is 0 Å². The fourth-order valence-electron chi connectivity index (χ4n) is 2.56. The van der Waals surface area contributed by atoms with E-state index < -0.39 is 0 Å². The van der Waals surface area contributed by atoms with E-state index in [1.165, 1.54) is 0 Å². The molecule has 2 aromatic rings. The Bertz CT molecular complexity index is 671. The maximum absolute atomic E-state index is 12.7. The second-order valence-electron chi connectivity index (χ2n) is 5.40. The Morgan fingerprint density at radius 1 is 1.41 bits per heavy atom. The van der Waals surface area contributed by atoms with Crippen molar-refractivity contribution in [2.45, 2.75) is 19.4 Å². The van der Waals surface area contributed by atoms with E-state index in [1.807, 2.05) is 30.0 Å². The van der Waals surface area contributed by atoms with Crippen LogP contribution >= 0.6 is 11.6 Å². The molecule has 6 heteroatoms. The molecule has 1 saturated heterocycles. The van der Waals surface area contributed by atoms with Crippen molar-refractivity contribution in [1.82, 2.24) is 14.7 Å². The molecule has 22 heavy (non-hydrogen) atoms. The lowest BCUT2D eigenvalue weighted by atomic mass is 10.2. The molecule has 0 saturated carbocycles. The van der Waals surface area contributed by atoms with Crippen LogP contribution in [0.15, 0.2) is 36.7 Å². The first kappa shape index (κ1) is 15.1. The molecule has 1 unspecified atom stereocenters. The Labute approximate surface area is 134 Å². The highest BCUT2D eigenvalue weighted by molar-refractivity contribution is 6.30. The molecule has 0 spiro atoms. The Balaban J connectivity index is 1.82. The highest BCUT2D eigenvalue weighted by Gasteiger charge is 2.24. The molecule has 116 valence electrons. The van der Waals surface area contributed by atoms with Crippen LogP contribution in [-0.4, -0.2) is 46.4 Å². The summed E-state index contributed by atoms with van der Waals surface area (Å²) in [6.45, 7) is 3.95. The maximum atomic E-state index is 12.7. The number of amides is 1. The standard InChI is InChI=1S/C16H18ClN3O2/c1-12-5-7-22-8-6-19(12)16(21)13-10-18-20(11-13)15-4-2-3-14(17)9-15/h2-4,9-12H,5-8H2,1H3. The number of halogens is 1. The van der Waals surface area contributed by atoms with E-state index in [0.717, 1.165) is 12.1 Å². The number of rotatable bonds is 2. The van der Waals surface area contributed by atoms with Gasteiger partial charge in [0.25, 0.3) is 5.91 Å². The van der Waals surface area contributed by atoms with Gasteiger partial charge in [-0.25, -0.2) is 4.68 Å². The zero-order chi connectivity index (χ0) is 15.5. The van der Waals surface area contributed by atoms with Crippen LogP contribution in [0.1, 0.15) is 23.7 Å². The van der Waals surface area contributed by atoms with Gasteiger partial charge in [-0.15, -0.1) is 0 Å². The molecule has 1 fully saturated rings. The maximum Gasteiger partial charge on any atom is 0.257 e. The van der Waals surface area contributed by atoms with Crippen molar-refractivity contribution >= 4 is 17.5 Å². The summed E-state index contributed by atoms with van der Waals surface area (Å²) in [6.07, 6.45) is 4.20. The lowest BCUT2D eigenvalue weighted by Gasteiger charge is -2.25. The van der Waals surface area contributed by atoms with Crippen LogP contribution in [0.4, 0.5) is 0 Å². The Morgan fingerprint density at radius 2 is 2.27 bits per heavy atom. The Hall–Kier alpha value is -1.85. The van der Waals surface area contributed by atoms with E-state index in [2.05, 4.69) is 5.10 Å². The second-order valence-corrected chi connectivity index (χ2v) is 5.84. The minimum absolute atomic E-state index is 0.00808. The van der Waals surface area contributed by atoms with Crippen molar-refractivity contribution < 1.29 is 9.53 Å². The number of carbonyl (C=O) groups is 1. The van der Waals surface area contributed by atoms with Gasteiger partial charge in [-0.05, 0) is 31.5 Å². The van der Waals surface area contributed by atoms with E-state index in [4.69, 9.17) is 16.3 Å². The van der Waals surface area contributed by atoms with Crippen molar-refractivity contribution in [3.63, 3.8) is 0 Å². The third kappa shape index (κ3) is 3.15. The molecule has 0 bridgehead atoms. The molecule has 1 atom stereocenters. The zero-order valence-corrected chi connectivity index (χ0v) is 13.2. The molecule has 0 aliphatic carbocycles. The summed E-state index contributed by atoms with van der Waals surface area (Å²) in [5.74, 6) is -0.00808. The van der Waals surface area contributed by atoms with Crippen LogP contribution in [0.2, 0.25) is 5.02 Å². The first-order valence-corrected chi connectivity index (χ1v) is 7.72. The normalized spacial score (nSPS) is 19.0. The average Bonchev–Trinajstić information content (AvgIpc) is 2.90. The van der Waals surface area contributed by atoms with Gasteiger partial charge in [0, 0.05) is 30.4 Å². The Morgan fingerprint density at radius 3 is 3.09 bits per heavy atom. The van der Waals surface area contributed by atoms with Crippen LogP contribution in [-0.2, 0) is 4.74 Å². The van der Waals surface area contributed by atoms with Crippen molar-refractivity contribution in [3.05, 3.63) is 47.2 Å². The van der Waals surface area contributed by atoms with Gasteiger partial charge in [0.1, 0.15) is 0 Å². The number of ether oxygens (including phenoxy) is 1. The van der Waals surface area contributed by atoms with Gasteiger partial charge >= 0.3 is 0 Å². The average molecular weight is 320 g/mol. The van der Waals surface area contributed by atoms with Gasteiger partial charge in [0.15, 0.2) is 0 Å². The molecule has 2 heterocycles. The smallest absolute Gasteiger partial charge is 0.257 e. The first-order valence-electron chi connectivity index (χ1n) is 7.34. The number of aromatic nitrogens is 2. The lowest BCUT2D eigenvalue weighted by molar-refractivity contribution is 0.0687. The first-order chi connectivity index (χ1) is 10.6. The van der Waals surface area contributed by atoms with Gasteiger partial charge in [-0.2, -0.15) is 5.10 Å². The fraction of sp³-hybridized carbons (Fsp3) is 0.375. The van der Waals surface area contributed by atoms with E-state index in [1.54, 1.807) is 23.1 Å². The van der Waals surface area contributed by atoms with E-state index >= 15 is 0 Å². The number of benzene rings is 1. The molecule has 0 radical (unpaired) electrons. The number of hydrogen-bond acceptors (Lipinski definition) is 3.